The van der Waals surface area contributed by atoms with Gasteiger partial charge in [0.05, 0.1) is 0 Å². The highest BCUT2D eigenvalue weighted by Gasteiger charge is 1.64. The Balaban J connectivity index is 1.97. The molecular weight excluding hydrogens is 165 g/mol. The van der Waals surface area contributed by atoms with Gasteiger partial charge in [0.15, 0.2) is 0 Å². The Morgan fingerprint density at radius 2 is 2.25 bits per heavy atom. The van der Waals surface area contributed by atoms with Crippen LogP contribution in [0.4, 0.5) is 0 Å². The molecule has 0 unspecified atom stereocenters. The molecule has 0 aliphatic rings. The van der Waals surface area contributed by atoms with Gasteiger partial charge in [-0.25, -0.2) is 0 Å². The summed E-state index contributed by atoms with van der Waals surface area (Å²) in [5.41, 5.74) is 0. The van der Waals surface area contributed by atoms with Crippen LogP contribution in [0.15, 0.2) is 0 Å². The molecule has 0 N–H and O–H groups in total. The van der Waals surface area contributed by atoms with Gasteiger partial charge in [-0.15, -0.1) is 22.4 Å². The van der Waals surface area contributed by atoms with Gasteiger partial charge in [-0.2, -0.15) is 0 Å². The smallest absolute Gasteiger partial charge is 0.358 e. The molecule has 19 valence electrons. The van der Waals surface area contributed by atoms with Gasteiger partial charge in [0.2, 0.25) is 0 Å². The summed E-state index contributed by atoms with van der Waals surface area (Å²) in [5, 5.41) is 1.37. The molecule has 0 spiro atoms. The zero-order valence-corrected chi connectivity index (χ0v) is 4.10. The van der Waals surface area contributed by atoms with Crippen LogP contribution in [0.3, 0.4) is 0 Å². The lowest BCUT2D eigenvalue weighted by Gasteiger charge is -1.71. The van der Waals surface area contributed by atoms with Crippen LogP contribution in [0.5, 0.6) is 0 Å². The zero-order valence-electron chi connectivity index (χ0n) is 1.94. The predicted molar refractivity (Wildman–Crippen MR) is 26.6 cm³/mol. The maximum Gasteiger partial charge on any atom is 0.358 e. The second kappa shape index (κ2) is 3.82. The van der Waals surface area contributed by atoms with E-state index in [2.05, 4.69) is 12.6 Å². The van der Waals surface area contributed by atoms with Crippen molar-refractivity contribution in [2.24, 2.45) is 0 Å². The third kappa shape index (κ3) is 2.82. The normalized spacial score (nSPS) is 6.25. The second-order valence-electron chi connectivity index (χ2n) is 0.225. The average Bonchev–Trinajstić information content (AvgIpc) is 1.37. The number of rotatable bonds is 1. The average molecular weight is 165 g/mol. The lowest BCUT2D eigenvalue weighted by atomic mass is 10.4. The molecule has 0 amide bonds. The number of halogens is 1. The molecule has 0 bridgehead atoms. The molecule has 0 aromatic heterocycles. The Bertz CT molecular complexity index is 8.00. The maximum atomic E-state index is 4.46. The molecule has 0 rings (SSSR count). The van der Waals surface area contributed by atoms with Crippen LogP contribution >= 0.6 is 22.4 Å². The second-order valence-corrected chi connectivity index (χ2v) is 0.734. The number of hydrogen-bond donors (Lipinski definition) is 0. The van der Waals surface area contributed by atoms with E-state index in [-0.39, 0.29) is 0 Å². The Morgan fingerprint density at radius 3 is 2.25 bits per heavy atom. The summed E-state index contributed by atoms with van der Waals surface area (Å²) in [7, 11) is 4.46. The SMILES string of the molecule is [B]O[B]I. The minimum Gasteiger partial charge on any atom is -0.501 e. The van der Waals surface area contributed by atoms with E-state index in [4.69, 9.17) is 0 Å². The highest BCUT2D eigenvalue weighted by Crippen LogP contribution is 1.68. The van der Waals surface area contributed by atoms with E-state index in [0.29, 0.717) is 0 Å². The largest absolute Gasteiger partial charge is 0.501 e. The molecule has 0 heterocycles. The Kier molecular flexibility index (Phi) is 4.60. The van der Waals surface area contributed by atoms with Crippen LogP contribution < -0.4 is 0 Å². The lowest BCUT2D eigenvalue weighted by molar-refractivity contribution is 0.687. The molecule has 0 atom stereocenters. The topological polar surface area (TPSA) is 9.23 Å². The van der Waals surface area contributed by atoms with Crippen LogP contribution in [0, 0.1) is 0 Å². The Morgan fingerprint density at radius 1 is 2.00 bits per heavy atom. The Labute approximate surface area is 40.7 Å². The van der Waals surface area contributed by atoms with Crippen molar-refractivity contribution in [2.75, 3.05) is 0 Å². The van der Waals surface area contributed by atoms with E-state index in [9.17, 15) is 0 Å². The Hall–Kier alpha value is 0.820. The van der Waals surface area contributed by atoms with Gasteiger partial charge >= 0.3 is 5.34 Å². The molecule has 0 aliphatic heterocycles. The van der Waals surface area contributed by atoms with Crippen molar-refractivity contribution in [3.05, 3.63) is 0 Å². The fourth-order valence-electron chi connectivity index (χ4n) is 0. The fraction of sp³-hybridized carbons (Fsp3) is 0. The van der Waals surface area contributed by atoms with Gasteiger partial charge in [0, 0.05) is 0 Å². The van der Waals surface area contributed by atoms with E-state index in [1.54, 1.807) is 0 Å². The highest BCUT2D eigenvalue weighted by molar-refractivity contribution is 14.1. The summed E-state index contributed by atoms with van der Waals surface area (Å²) in [6.07, 6.45) is 0. The van der Waals surface area contributed by atoms with Crippen LogP contribution in [0.2, 0.25) is 0 Å². The van der Waals surface area contributed by atoms with E-state index >= 15 is 0 Å². The van der Waals surface area contributed by atoms with Crippen molar-refractivity contribution in [2.45, 2.75) is 0 Å². The van der Waals surface area contributed by atoms with Crippen LogP contribution in [-0.2, 0) is 4.57 Å². The molecule has 0 aromatic carbocycles. The third-order valence-electron chi connectivity index (χ3n) is 0.0514. The van der Waals surface area contributed by atoms with Crippen molar-refractivity contribution >= 4 is 35.8 Å². The molecular formula is B2IO. The van der Waals surface area contributed by atoms with Crippen molar-refractivity contribution in [3.63, 3.8) is 0 Å². The summed E-state index contributed by atoms with van der Waals surface area (Å²) in [5.74, 6) is 0. The number of hydrogen-bond acceptors (Lipinski definition) is 1. The zero-order chi connectivity index (χ0) is 3.41. The van der Waals surface area contributed by atoms with E-state index in [0.717, 1.165) is 0 Å². The highest BCUT2D eigenvalue weighted by atomic mass is 127. The minimum atomic E-state index is 1.37. The van der Waals surface area contributed by atoms with Gasteiger partial charge in [0.25, 0.3) is 8.05 Å². The monoisotopic (exact) mass is 165 g/mol. The van der Waals surface area contributed by atoms with Crippen LogP contribution in [-0.4, -0.2) is 13.4 Å². The first kappa shape index (κ1) is 4.82. The molecule has 0 saturated heterocycles. The van der Waals surface area contributed by atoms with Gasteiger partial charge < -0.3 is 4.57 Å². The van der Waals surface area contributed by atoms with E-state index < -0.39 is 0 Å². The summed E-state index contributed by atoms with van der Waals surface area (Å²) < 4.78 is 3.90. The van der Waals surface area contributed by atoms with E-state index in [1.165, 1.54) is 5.34 Å². The summed E-state index contributed by atoms with van der Waals surface area (Å²) >= 11 is 1.88. The molecule has 0 aliphatic carbocycles. The summed E-state index contributed by atoms with van der Waals surface area (Å²) in [4.78, 5) is 0. The molecule has 4 heteroatoms. The van der Waals surface area contributed by atoms with Gasteiger partial charge in [-0.3, -0.25) is 0 Å². The fourth-order valence-corrected chi connectivity index (χ4v) is 0. The van der Waals surface area contributed by atoms with E-state index in [1.807, 2.05) is 22.4 Å². The predicted octanol–water partition coefficient (Wildman–Crippen LogP) is 0.0557. The summed E-state index contributed by atoms with van der Waals surface area (Å²) in [6, 6.07) is 0. The minimum absolute atomic E-state index is 1.37. The van der Waals surface area contributed by atoms with Gasteiger partial charge in [0.1, 0.15) is 0 Å². The van der Waals surface area contributed by atoms with Gasteiger partial charge in [-0.1, -0.05) is 0 Å². The molecule has 3 radical (unpaired) electrons. The third-order valence-corrected chi connectivity index (χ3v) is 0.345. The summed E-state index contributed by atoms with van der Waals surface area (Å²) in [6.45, 7) is 0. The van der Waals surface area contributed by atoms with Crippen LogP contribution in [0.25, 0.3) is 0 Å². The molecule has 0 aromatic rings. The first-order chi connectivity index (χ1) is 1.91. The van der Waals surface area contributed by atoms with Gasteiger partial charge in [-0.05, 0) is 0 Å². The molecule has 0 saturated carbocycles. The standard InChI is InChI=1S/B2IO/c1-4-2-3. The molecule has 1 nitrogen and oxygen atoms in total. The first-order valence-corrected chi connectivity index (χ1v) is 1.94. The quantitative estimate of drug-likeness (QED) is 0.393. The lowest BCUT2D eigenvalue weighted by Crippen LogP contribution is -1.77. The first-order valence-electron chi connectivity index (χ1n) is 0.690. The van der Waals surface area contributed by atoms with Crippen molar-refractivity contribution in [1.29, 1.82) is 0 Å². The molecule has 4 heavy (non-hydrogen) atoms. The molecule has 0 fully saturated rings. The van der Waals surface area contributed by atoms with Crippen LogP contribution in [0.1, 0.15) is 0 Å². The van der Waals surface area contributed by atoms with Crippen molar-refractivity contribution in [3.8, 4) is 0 Å². The van der Waals surface area contributed by atoms with Crippen molar-refractivity contribution in [1.82, 2.24) is 0 Å². The van der Waals surface area contributed by atoms with Crippen molar-refractivity contribution < 1.29 is 4.57 Å². The maximum absolute atomic E-state index is 4.46.